The second-order valence-corrected chi connectivity index (χ2v) is 5.53. The fourth-order valence-electron chi connectivity index (χ4n) is 2.04. The Morgan fingerprint density at radius 2 is 1.43 bits per heavy atom. The average Bonchev–Trinajstić information content (AvgIpc) is 2.61. The number of hydrogen-bond acceptors (Lipinski definition) is 6. The topological polar surface area (TPSA) is 54.0 Å². The summed E-state index contributed by atoms with van der Waals surface area (Å²) < 4.78 is 20.8. The lowest BCUT2D eigenvalue weighted by Crippen LogP contribution is -2.05. The Morgan fingerprint density at radius 1 is 0.826 bits per heavy atom. The van der Waals surface area contributed by atoms with E-state index in [-0.39, 0.29) is 0 Å². The number of hydrogen-bond donors (Lipinski definition) is 0. The van der Waals surface area contributed by atoms with E-state index in [9.17, 15) is 4.79 Å². The van der Waals surface area contributed by atoms with Crippen molar-refractivity contribution in [3.8, 4) is 17.2 Å². The molecular formula is C17H18O5S. The number of para-hydroxylation sites is 1. The van der Waals surface area contributed by atoms with E-state index in [1.54, 1.807) is 26.4 Å². The summed E-state index contributed by atoms with van der Waals surface area (Å²) in [7, 11) is 6.02. The van der Waals surface area contributed by atoms with Gasteiger partial charge in [-0.3, -0.25) is 0 Å². The van der Waals surface area contributed by atoms with Crippen LogP contribution >= 0.6 is 11.8 Å². The van der Waals surface area contributed by atoms with Crippen molar-refractivity contribution in [3.63, 3.8) is 0 Å². The van der Waals surface area contributed by atoms with Crippen LogP contribution in [-0.4, -0.2) is 34.4 Å². The highest BCUT2D eigenvalue weighted by Crippen LogP contribution is 2.41. The normalized spacial score (nSPS) is 10.1. The summed E-state index contributed by atoms with van der Waals surface area (Å²) in [5.74, 6) is 1.29. The molecule has 0 spiro atoms. The van der Waals surface area contributed by atoms with Crippen molar-refractivity contribution in [2.45, 2.75) is 9.79 Å². The quantitative estimate of drug-likeness (QED) is 0.752. The maximum absolute atomic E-state index is 12.1. The van der Waals surface area contributed by atoms with Crippen molar-refractivity contribution < 1.29 is 23.7 Å². The van der Waals surface area contributed by atoms with Gasteiger partial charge in [-0.2, -0.15) is 0 Å². The second-order valence-electron chi connectivity index (χ2n) is 4.45. The van der Waals surface area contributed by atoms with Crippen LogP contribution in [0.3, 0.4) is 0 Å². The number of methoxy groups -OCH3 is 4. The van der Waals surface area contributed by atoms with Gasteiger partial charge in [0.15, 0.2) is 11.5 Å². The molecule has 23 heavy (non-hydrogen) atoms. The molecule has 2 aromatic carbocycles. The first-order chi connectivity index (χ1) is 11.1. The summed E-state index contributed by atoms with van der Waals surface area (Å²) in [6.45, 7) is 0. The van der Waals surface area contributed by atoms with Crippen molar-refractivity contribution in [2.24, 2.45) is 0 Å². The molecule has 0 saturated carbocycles. The third kappa shape index (κ3) is 3.71. The number of benzene rings is 2. The van der Waals surface area contributed by atoms with Crippen LogP contribution in [0.5, 0.6) is 17.2 Å². The average molecular weight is 334 g/mol. The molecule has 0 fully saturated rings. The van der Waals surface area contributed by atoms with Crippen LogP contribution < -0.4 is 14.2 Å². The molecule has 0 unspecified atom stereocenters. The van der Waals surface area contributed by atoms with E-state index < -0.39 is 5.97 Å². The third-order valence-corrected chi connectivity index (χ3v) is 4.29. The van der Waals surface area contributed by atoms with Gasteiger partial charge >= 0.3 is 5.97 Å². The van der Waals surface area contributed by atoms with Crippen LogP contribution in [0.2, 0.25) is 0 Å². The largest absolute Gasteiger partial charge is 0.496 e. The molecule has 2 rings (SSSR count). The molecule has 0 amide bonds. The molecule has 122 valence electrons. The molecular weight excluding hydrogens is 316 g/mol. The van der Waals surface area contributed by atoms with Gasteiger partial charge in [0, 0.05) is 4.90 Å². The van der Waals surface area contributed by atoms with Crippen LogP contribution in [0.15, 0.2) is 46.2 Å². The van der Waals surface area contributed by atoms with Crippen LogP contribution in [0.1, 0.15) is 10.4 Å². The molecule has 2 aromatic rings. The zero-order valence-corrected chi connectivity index (χ0v) is 14.2. The molecule has 0 aliphatic rings. The predicted octanol–water partition coefficient (Wildman–Crippen LogP) is 3.65. The van der Waals surface area contributed by atoms with Gasteiger partial charge in [-0.15, -0.1) is 0 Å². The van der Waals surface area contributed by atoms with Gasteiger partial charge in [-0.1, -0.05) is 23.9 Å². The molecule has 6 heteroatoms. The van der Waals surface area contributed by atoms with E-state index in [1.165, 1.54) is 26.0 Å². The highest BCUT2D eigenvalue weighted by Gasteiger charge is 2.19. The van der Waals surface area contributed by atoms with E-state index in [0.29, 0.717) is 22.0 Å². The smallest absolute Gasteiger partial charge is 0.339 e. The Balaban J connectivity index is 2.52. The lowest BCUT2D eigenvalue weighted by atomic mass is 10.2. The molecule has 0 aliphatic carbocycles. The zero-order valence-electron chi connectivity index (χ0n) is 13.4. The molecule has 5 nitrogen and oxygen atoms in total. The minimum atomic E-state index is -0.441. The molecule has 0 saturated heterocycles. The van der Waals surface area contributed by atoms with Crippen LogP contribution in [-0.2, 0) is 4.74 Å². The number of esters is 1. The number of rotatable bonds is 6. The lowest BCUT2D eigenvalue weighted by molar-refractivity contribution is 0.0596. The summed E-state index contributed by atoms with van der Waals surface area (Å²) in [5.41, 5.74) is 0.404. The van der Waals surface area contributed by atoms with E-state index in [2.05, 4.69) is 0 Å². The molecule has 0 atom stereocenters. The van der Waals surface area contributed by atoms with Gasteiger partial charge < -0.3 is 18.9 Å². The Hall–Kier alpha value is -2.34. The minimum Gasteiger partial charge on any atom is -0.496 e. The number of carbonyl (C=O) groups excluding carboxylic acids is 1. The summed E-state index contributed by atoms with van der Waals surface area (Å²) >= 11 is 1.40. The van der Waals surface area contributed by atoms with E-state index in [4.69, 9.17) is 18.9 Å². The Kier molecular flexibility index (Phi) is 5.76. The highest BCUT2D eigenvalue weighted by atomic mass is 32.2. The van der Waals surface area contributed by atoms with Gasteiger partial charge in [-0.25, -0.2) is 4.79 Å². The summed E-state index contributed by atoms with van der Waals surface area (Å²) in [4.78, 5) is 13.7. The van der Waals surface area contributed by atoms with Crippen molar-refractivity contribution in [3.05, 3.63) is 42.0 Å². The van der Waals surface area contributed by atoms with Crippen LogP contribution in [0.4, 0.5) is 0 Å². The highest BCUT2D eigenvalue weighted by molar-refractivity contribution is 7.99. The van der Waals surface area contributed by atoms with Crippen LogP contribution in [0.25, 0.3) is 0 Å². The molecule has 0 N–H and O–H groups in total. The summed E-state index contributed by atoms with van der Waals surface area (Å²) in [6, 6.07) is 10.9. The standard InChI is InChI=1S/C17H18O5S/c1-19-12-7-5-6-8-15(12)23-16-10-14(21-3)13(20-2)9-11(16)17(18)22-4/h5-10H,1-4H3. The van der Waals surface area contributed by atoms with Gasteiger partial charge in [-0.05, 0) is 24.3 Å². The molecule has 0 heterocycles. The maximum atomic E-state index is 12.1. The summed E-state index contributed by atoms with van der Waals surface area (Å²) in [5, 5.41) is 0. The van der Waals surface area contributed by atoms with Crippen molar-refractivity contribution >= 4 is 17.7 Å². The van der Waals surface area contributed by atoms with Gasteiger partial charge in [0.25, 0.3) is 0 Å². The predicted molar refractivity (Wildman–Crippen MR) is 88.0 cm³/mol. The van der Waals surface area contributed by atoms with E-state index >= 15 is 0 Å². The fraction of sp³-hybridized carbons (Fsp3) is 0.235. The van der Waals surface area contributed by atoms with E-state index in [0.717, 1.165) is 10.6 Å². The first kappa shape index (κ1) is 17.0. The molecule has 0 bridgehead atoms. The first-order valence-corrected chi connectivity index (χ1v) is 7.61. The lowest BCUT2D eigenvalue weighted by Gasteiger charge is -2.14. The third-order valence-electron chi connectivity index (χ3n) is 3.18. The van der Waals surface area contributed by atoms with Crippen molar-refractivity contribution in [1.29, 1.82) is 0 Å². The van der Waals surface area contributed by atoms with Gasteiger partial charge in [0.2, 0.25) is 0 Å². The van der Waals surface area contributed by atoms with Crippen LogP contribution in [0, 0.1) is 0 Å². The number of ether oxygens (including phenoxy) is 4. The van der Waals surface area contributed by atoms with Gasteiger partial charge in [0.05, 0.1) is 38.9 Å². The Morgan fingerprint density at radius 3 is 2.04 bits per heavy atom. The van der Waals surface area contributed by atoms with Crippen molar-refractivity contribution in [2.75, 3.05) is 28.4 Å². The van der Waals surface area contributed by atoms with Crippen molar-refractivity contribution in [1.82, 2.24) is 0 Å². The minimum absolute atomic E-state index is 0.404. The SMILES string of the molecule is COC(=O)c1cc(OC)c(OC)cc1Sc1ccccc1OC. The summed E-state index contributed by atoms with van der Waals surface area (Å²) in [6.07, 6.45) is 0. The Labute approximate surface area is 139 Å². The zero-order chi connectivity index (χ0) is 16.8. The monoisotopic (exact) mass is 334 g/mol. The second kappa shape index (κ2) is 7.78. The molecule has 0 radical (unpaired) electrons. The Bertz CT molecular complexity index is 699. The molecule has 0 aliphatic heterocycles. The first-order valence-electron chi connectivity index (χ1n) is 6.79. The fourth-order valence-corrected chi connectivity index (χ4v) is 3.09. The molecule has 0 aromatic heterocycles. The van der Waals surface area contributed by atoms with Gasteiger partial charge in [0.1, 0.15) is 5.75 Å². The van der Waals surface area contributed by atoms with E-state index in [1.807, 2.05) is 24.3 Å². The number of carbonyl (C=O) groups is 1. The maximum Gasteiger partial charge on any atom is 0.339 e.